The topological polar surface area (TPSA) is 80.0 Å². The van der Waals surface area contributed by atoms with Gasteiger partial charge in [0, 0.05) is 6.04 Å². The van der Waals surface area contributed by atoms with E-state index in [1.165, 1.54) is 0 Å². The van der Waals surface area contributed by atoms with Crippen LogP contribution in [0.25, 0.3) is 0 Å². The number of anilines is 1. The lowest BCUT2D eigenvalue weighted by Crippen LogP contribution is -2.33. The highest BCUT2D eigenvalue weighted by atomic mass is 16.1. The van der Waals surface area contributed by atoms with Gasteiger partial charge in [-0.05, 0) is 25.5 Å². The quantitative estimate of drug-likeness (QED) is 0.518. The van der Waals surface area contributed by atoms with Crippen LogP contribution in [-0.2, 0) is 0 Å². The van der Waals surface area contributed by atoms with Crippen LogP contribution in [0, 0.1) is 0 Å². The second-order valence-corrected chi connectivity index (χ2v) is 3.72. The average molecular weight is 222 g/mol. The summed E-state index contributed by atoms with van der Waals surface area (Å²) in [5, 5.41) is 2.88. The second-order valence-electron chi connectivity index (χ2n) is 3.72. The van der Waals surface area contributed by atoms with Crippen LogP contribution in [0.1, 0.15) is 37.2 Å². The number of nitrogens with zero attached hydrogens (tertiary/aromatic N) is 1. The third-order valence-electron chi connectivity index (χ3n) is 2.23. The van der Waals surface area contributed by atoms with E-state index in [0.29, 0.717) is 11.5 Å². The van der Waals surface area contributed by atoms with Gasteiger partial charge >= 0.3 is 0 Å². The van der Waals surface area contributed by atoms with Crippen LogP contribution in [-0.4, -0.2) is 16.9 Å². The molecule has 1 aromatic rings. The zero-order valence-electron chi connectivity index (χ0n) is 9.66. The maximum absolute atomic E-state index is 11.8. The molecule has 0 aromatic carbocycles. The van der Waals surface area contributed by atoms with Gasteiger partial charge in [0.1, 0.15) is 11.5 Å². The molecule has 0 radical (unpaired) electrons. The van der Waals surface area contributed by atoms with Crippen molar-refractivity contribution in [1.29, 1.82) is 0 Å². The third kappa shape index (κ3) is 3.51. The first-order valence-electron chi connectivity index (χ1n) is 5.42. The fourth-order valence-corrected chi connectivity index (χ4v) is 1.44. The van der Waals surface area contributed by atoms with Crippen LogP contribution in [0.3, 0.4) is 0 Å². The number of hydrogen-bond donors (Lipinski definition) is 3. The lowest BCUT2D eigenvalue weighted by Gasteiger charge is -2.12. The van der Waals surface area contributed by atoms with Crippen LogP contribution in [0.2, 0.25) is 0 Å². The Morgan fingerprint density at radius 3 is 2.94 bits per heavy atom. The SMILES string of the molecule is CCCC(C)NC(=O)c1cccc(NN)n1. The molecule has 0 aliphatic rings. The molecule has 1 unspecified atom stereocenters. The van der Waals surface area contributed by atoms with Crippen molar-refractivity contribution in [3.63, 3.8) is 0 Å². The van der Waals surface area contributed by atoms with Gasteiger partial charge in [-0.3, -0.25) is 4.79 Å². The maximum Gasteiger partial charge on any atom is 0.270 e. The summed E-state index contributed by atoms with van der Waals surface area (Å²) in [5.74, 6) is 5.54. The van der Waals surface area contributed by atoms with E-state index >= 15 is 0 Å². The van der Waals surface area contributed by atoms with Gasteiger partial charge in [0.2, 0.25) is 0 Å². The summed E-state index contributed by atoms with van der Waals surface area (Å²) >= 11 is 0. The van der Waals surface area contributed by atoms with E-state index in [9.17, 15) is 4.79 Å². The number of carbonyl (C=O) groups is 1. The number of carbonyl (C=O) groups excluding carboxylic acids is 1. The van der Waals surface area contributed by atoms with Crippen molar-refractivity contribution >= 4 is 11.7 Å². The molecule has 0 aliphatic carbocycles. The van der Waals surface area contributed by atoms with Crippen molar-refractivity contribution in [2.45, 2.75) is 32.7 Å². The molecule has 0 fully saturated rings. The Kier molecular flexibility index (Phi) is 4.72. The monoisotopic (exact) mass is 222 g/mol. The van der Waals surface area contributed by atoms with Gasteiger partial charge in [-0.1, -0.05) is 19.4 Å². The van der Waals surface area contributed by atoms with Gasteiger partial charge in [-0.2, -0.15) is 0 Å². The summed E-state index contributed by atoms with van der Waals surface area (Å²) in [7, 11) is 0. The van der Waals surface area contributed by atoms with E-state index in [2.05, 4.69) is 22.7 Å². The molecular formula is C11H18N4O. The Bertz CT molecular complexity index is 354. The highest BCUT2D eigenvalue weighted by Crippen LogP contribution is 2.04. The molecule has 4 N–H and O–H groups in total. The Morgan fingerprint density at radius 1 is 1.56 bits per heavy atom. The molecular weight excluding hydrogens is 204 g/mol. The van der Waals surface area contributed by atoms with E-state index in [1.807, 2.05) is 6.92 Å². The van der Waals surface area contributed by atoms with Gasteiger partial charge in [0.05, 0.1) is 0 Å². The lowest BCUT2D eigenvalue weighted by molar-refractivity contribution is 0.0933. The molecule has 88 valence electrons. The van der Waals surface area contributed by atoms with Crippen molar-refractivity contribution in [3.8, 4) is 0 Å². The Balaban J connectivity index is 2.65. The standard InChI is InChI=1S/C11H18N4O/c1-3-5-8(2)13-11(16)9-6-4-7-10(14-9)15-12/h4,6-8H,3,5,12H2,1-2H3,(H,13,16)(H,14,15). The molecule has 0 saturated heterocycles. The molecule has 1 atom stereocenters. The molecule has 0 bridgehead atoms. The summed E-state index contributed by atoms with van der Waals surface area (Å²) in [6.45, 7) is 4.06. The number of rotatable bonds is 5. The average Bonchev–Trinajstić information content (AvgIpc) is 2.29. The number of aromatic nitrogens is 1. The molecule has 0 saturated carbocycles. The van der Waals surface area contributed by atoms with Gasteiger partial charge < -0.3 is 10.7 Å². The minimum Gasteiger partial charge on any atom is -0.348 e. The zero-order valence-corrected chi connectivity index (χ0v) is 9.66. The summed E-state index contributed by atoms with van der Waals surface area (Å²) in [6.07, 6.45) is 2.00. The first-order chi connectivity index (χ1) is 7.67. The smallest absolute Gasteiger partial charge is 0.270 e. The molecule has 0 spiro atoms. The molecule has 1 rings (SSSR count). The predicted octanol–water partition coefficient (Wildman–Crippen LogP) is 1.29. The Hall–Kier alpha value is -1.62. The molecule has 0 aliphatic heterocycles. The van der Waals surface area contributed by atoms with Crippen molar-refractivity contribution in [2.24, 2.45) is 5.84 Å². The molecule has 16 heavy (non-hydrogen) atoms. The second kappa shape index (κ2) is 6.07. The Labute approximate surface area is 95.4 Å². The summed E-state index contributed by atoms with van der Waals surface area (Å²) < 4.78 is 0. The number of hydrogen-bond acceptors (Lipinski definition) is 4. The first-order valence-corrected chi connectivity index (χ1v) is 5.42. The number of hydrazine groups is 1. The lowest BCUT2D eigenvalue weighted by atomic mass is 10.2. The molecule has 5 heteroatoms. The van der Waals surface area contributed by atoms with Crippen LogP contribution < -0.4 is 16.6 Å². The predicted molar refractivity (Wildman–Crippen MR) is 63.9 cm³/mol. The van der Waals surface area contributed by atoms with Gasteiger partial charge in [0.25, 0.3) is 5.91 Å². The normalized spacial score (nSPS) is 11.9. The van der Waals surface area contributed by atoms with Crippen molar-refractivity contribution < 1.29 is 4.79 Å². The molecule has 5 nitrogen and oxygen atoms in total. The van der Waals surface area contributed by atoms with Gasteiger partial charge in [-0.15, -0.1) is 0 Å². The van der Waals surface area contributed by atoms with Crippen LogP contribution in [0.5, 0.6) is 0 Å². The summed E-state index contributed by atoms with van der Waals surface area (Å²) in [6, 6.07) is 5.26. The van der Waals surface area contributed by atoms with Crippen LogP contribution in [0.4, 0.5) is 5.82 Å². The fraction of sp³-hybridized carbons (Fsp3) is 0.455. The van der Waals surface area contributed by atoms with Crippen molar-refractivity contribution in [1.82, 2.24) is 10.3 Å². The highest BCUT2D eigenvalue weighted by Gasteiger charge is 2.10. The number of nitrogens with one attached hydrogen (secondary N) is 2. The molecule has 1 aromatic heterocycles. The van der Waals surface area contributed by atoms with E-state index in [0.717, 1.165) is 12.8 Å². The van der Waals surface area contributed by atoms with Gasteiger partial charge in [0.15, 0.2) is 0 Å². The van der Waals surface area contributed by atoms with Crippen molar-refractivity contribution in [2.75, 3.05) is 5.43 Å². The summed E-state index contributed by atoms with van der Waals surface area (Å²) in [4.78, 5) is 15.8. The number of nitrogens with two attached hydrogens (primary N) is 1. The van der Waals surface area contributed by atoms with Crippen LogP contribution in [0.15, 0.2) is 18.2 Å². The zero-order chi connectivity index (χ0) is 12.0. The van der Waals surface area contributed by atoms with Crippen molar-refractivity contribution in [3.05, 3.63) is 23.9 Å². The number of pyridine rings is 1. The largest absolute Gasteiger partial charge is 0.348 e. The van der Waals surface area contributed by atoms with E-state index in [4.69, 9.17) is 5.84 Å². The minimum atomic E-state index is -0.168. The highest BCUT2D eigenvalue weighted by molar-refractivity contribution is 5.92. The number of amides is 1. The molecule has 1 amide bonds. The first kappa shape index (κ1) is 12.4. The van der Waals surface area contributed by atoms with E-state index < -0.39 is 0 Å². The van der Waals surface area contributed by atoms with E-state index in [1.54, 1.807) is 18.2 Å². The number of nitrogen functional groups attached to an aromatic ring is 1. The van der Waals surface area contributed by atoms with E-state index in [-0.39, 0.29) is 11.9 Å². The minimum absolute atomic E-state index is 0.161. The third-order valence-corrected chi connectivity index (χ3v) is 2.23. The van der Waals surface area contributed by atoms with Crippen LogP contribution >= 0.6 is 0 Å². The summed E-state index contributed by atoms with van der Waals surface area (Å²) in [5.41, 5.74) is 2.78. The molecule has 1 heterocycles. The maximum atomic E-state index is 11.8. The fourth-order valence-electron chi connectivity index (χ4n) is 1.44. The Morgan fingerprint density at radius 2 is 2.31 bits per heavy atom. The van der Waals surface area contributed by atoms with Gasteiger partial charge in [-0.25, -0.2) is 10.8 Å².